The predicted molar refractivity (Wildman–Crippen MR) is 72.9 cm³/mol. The maximum atomic E-state index is 12.0. The van der Waals surface area contributed by atoms with Crippen molar-refractivity contribution in [1.29, 1.82) is 0 Å². The van der Waals surface area contributed by atoms with E-state index in [0.29, 0.717) is 5.15 Å². The SMILES string of the molecule is CN(C)C(=O)C1CCCN(c2ccnc(Cl)c2)C1. The second-order valence-electron chi connectivity index (χ2n) is 4.85. The number of hydrogen-bond acceptors (Lipinski definition) is 3. The minimum atomic E-state index is 0.0840. The summed E-state index contributed by atoms with van der Waals surface area (Å²) >= 11 is 5.90. The standard InChI is InChI=1S/C13H18ClN3O/c1-16(2)13(18)10-4-3-7-17(9-10)11-5-6-15-12(14)8-11/h5-6,8,10H,3-4,7,9H2,1-2H3. The number of nitrogens with zero attached hydrogens (tertiary/aromatic N) is 3. The summed E-state index contributed by atoms with van der Waals surface area (Å²) in [7, 11) is 3.62. The summed E-state index contributed by atoms with van der Waals surface area (Å²) in [6, 6.07) is 3.79. The van der Waals surface area contributed by atoms with Crippen molar-refractivity contribution in [1.82, 2.24) is 9.88 Å². The topological polar surface area (TPSA) is 36.4 Å². The van der Waals surface area contributed by atoms with Crippen LogP contribution in [0, 0.1) is 5.92 Å². The molecule has 0 radical (unpaired) electrons. The van der Waals surface area contributed by atoms with Gasteiger partial charge in [-0.05, 0) is 25.0 Å². The molecular formula is C13H18ClN3O. The molecule has 0 bridgehead atoms. The molecular weight excluding hydrogens is 250 g/mol. The Labute approximate surface area is 113 Å². The summed E-state index contributed by atoms with van der Waals surface area (Å²) in [5.74, 6) is 0.292. The minimum absolute atomic E-state index is 0.0840. The highest BCUT2D eigenvalue weighted by molar-refractivity contribution is 6.29. The quantitative estimate of drug-likeness (QED) is 0.770. The van der Waals surface area contributed by atoms with Crippen LogP contribution in [0.2, 0.25) is 5.15 Å². The summed E-state index contributed by atoms with van der Waals surface area (Å²) in [6.07, 6.45) is 3.70. The third kappa shape index (κ3) is 2.93. The van der Waals surface area contributed by atoms with Crippen molar-refractivity contribution in [3.8, 4) is 0 Å². The fraction of sp³-hybridized carbons (Fsp3) is 0.538. The molecule has 1 saturated heterocycles. The fourth-order valence-electron chi connectivity index (χ4n) is 2.37. The zero-order chi connectivity index (χ0) is 13.1. The van der Waals surface area contributed by atoms with E-state index in [-0.39, 0.29) is 11.8 Å². The molecule has 0 N–H and O–H groups in total. The molecule has 1 amide bonds. The van der Waals surface area contributed by atoms with Gasteiger partial charge >= 0.3 is 0 Å². The lowest BCUT2D eigenvalue weighted by molar-refractivity contribution is -0.133. The van der Waals surface area contributed by atoms with Crippen LogP contribution in [0.15, 0.2) is 18.3 Å². The van der Waals surface area contributed by atoms with E-state index < -0.39 is 0 Å². The Morgan fingerprint density at radius 1 is 1.56 bits per heavy atom. The average molecular weight is 268 g/mol. The summed E-state index contributed by atoms with van der Waals surface area (Å²) in [5.41, 5.74) is 1.05. The van der Waals surface area contributed by atoms with Gasteiger partial charge in [0.05, 0.1) is 5.92 Å². The van der Waals surface area contributed by atoms with Gasteiger partial charge in [-0.1, -0.05) is 11.6 Å². The van der Waals surface area contributed by atoms with Gasteiger partial charge in [0.25, 0.3) is 0 Å². The number of pyridine rings is 1. The molecule has 1 aromatic rings. The van der Waals surface area contributed by atoms with E-state index in [1.165, 1.54) is 0 Å². The lowest BCUT2D eigenvalue weighted by Gasteiger charge is -2.34. The molecule has 2 rings (SSSR count). The highest BCUT2D eigenvalue weighted by Crippen LogP contribution is 2.25. The largest absolute Gasteiger partial charge is 0.371 e. The second-order valence-corrected chi connectivity index (χ2v) is 5.24. The predicted octanol–water partition coefficient (Wildman–Crippen LogP) is 2.04. The molecule has 98 valence electrons. The third-order valence-corrected chi connectivity index (χ3v) is 3.49. The van der Waals surface area contributed by atoms with E-state index in [9.17, 15) is 4.79 Å². The molecule has 18 heavy (non-hydrogen) atoms. The highest BCUT2D eigenvalue weighted by Gasteiger charge is 2.27. The van der Waals surface area contributed by atoms with Crippen LogP contribution in [-0.2, 0) is 4.79 Å². The van der Waals surface area contributed by atoms with E-state index in [2.05, 4.69) is 9.88 Å². The number of amides is 1. The van der Waals surface area contributed by atoms with Crippen molar-refractivity contribution >= 4 is 23.2 Å². The van der Waals surface area contributed by atoms with Crippen molar-refractivity contribution in [2.45, 2.75) is 12.8 Å². The molecule has 0 aromatic carbocycles. The number of anilines is 1. The van der Waals surface area contributed by atoms with E-state index in [0.717, 1.165) is 31.6 Å². The van der Waals surface area contributed by atoms with Crippen LogP contribution in [0.4, 0.5) is 5.69 Å². The summed E-state index contributed by atoms with van der Waals surface area (Å²) in [4.78, 5) is 19.9. The minimum Gasteiger partial charge on any atom is -0.371 e. The van der Waals surface area contributed by atoms with Gasteiger partial charge in [-0.25, -0.2) is 4.98 Å². The Morgan fingerprint density at radius 2 is 2.33 bits per heavy atom. The van der Waals surface area contributed by atoms with Crippen LogP contribution in [0.25, 0.3) is 0 Å². The average Bonchev–Trinajstić information content (AvgIpc) is 2.38. The first kappa shape index (κ1) is 13.1. The van der Waals surface area contributed by atoms with Crippen LogP contribution < -0.4 is 4.90 Å². The van der Waals surface area contributed by atoms with Gasteiger partial charge in [-0.2, -0.15) is 0 Å². The third-order valence-electron chi connectivity index (χ3n) is 3.29. The van der Waals surface area contributed by atoms with Crippen LogP contribution in [0.1, 0.15) is 12.8 Å². The Bertz CT molecular complexity index is 436. The van der Waals surface area contributed by atoms with Gasteiger partial charge in [0.1, 0.15) is 5.15 Å². The lowest BCUT2D eigenvalue weighted by Crippen LogP contribution is -2.42. The first-order valence-electron chi connectivity index (χ1n) is 6.15. The lowest BCUT2D eigenvalue weighted by atomic mass is 9.96. The molecule has 0 saturated carbocycles. The molecule has 1 atom stereocenters. The number of piperidine rings is 1. The van der Waals surface area contributed by atoms with Crippen LogP contribution in [0.5, 0.6) is 0 Å². The maximum Gasteiger partial charge on any atom is 0.226 e. The summed E-state index contributed by atoms with van der Waals surface area (Å²) in [5, 5.41) is 0.494. The maximum absolute atomic E-state index is 12.0. The van der Waals surface area contributed by atoms with Gasteiger partial charge < -0.3 is 9.80 Å². The van der Waals surface area contributed by atoms with Crippen molar-refractivity contribution in [3.05, 3.63) is 23.5 Å². The van der Waals surface area contributed by atoms with Crippen LogP contribution in [0.3, 0.4) is 0 Å². The smallest absolute Gasteiger partial charge is 0.226 e. The number of halogens is 1. The first-order valence-corrected chi connectivity index (χ1v) is 6.53. The van der Waals surface area contributed by atoms with Crippen molar-refractivity contribution in [2.24, 2.45) is 5.92 Å². The van der Waals surface area contributed by atoms with Gasteiger partial charge in [0, 0.05) is 39.1 Å². The Hall–Kier alpha value is -1.29. The molecule has 1 aliphatic heterocycles. The van der Waals surface area contributed by atoms with Gasteiger partial charge in [0.2, 0.25) is 5.91 Å². The first-order chi connectivity index (χ1) is 8.58. The van der Waals surface area contributed by atoms with Gasteiger partial charge in [-0.15, -0.1) is 0 Å². The number of rotatable bonds is 2. The number of carbonyl (C=O) groups is 1. The van der Waals surface area contributed by atoms with E-state index in [1.807, 2.05) is 26.2 Å². The highest BCUT2D eigenvalue weighted by atomic mass is 35.5. The number of hydrogen-bond donors (Lipinski definition) is 0. The summed E-state index contributed by atoms with van der Waals surface area (Å²) < 4.78 is 0. The molecule has 1 aromatic heterocycles. The molecule has 0 spiro atoms. The van der Waals surface area contributed by atoms with Gasteiger partial charge in [-0.3, -0.25) is 4.79 Å². The molecule has 2 heterocycles. The molecule has 5 heteroatoms. The zero-order valence-corrected chi connectivity index (χ0v) is 11.5. The molecule has 1 unspecified atom stereocenters. The molecule has 0 aliphatic carbocycles. The normalized spacial score (nSPS) is 19.7. The van der Waals surface area contributed by atoms with Crippen molar-refractivity contribution in [2.75, 3.05) is 32.1 Å². The van der Waals surface area contributed by atoms with Crippen molar-refractivity contribution in [3.63, 3.8) is 0 Å². The Morgan fingerprint density at radius 3 is 3.00 bits per heavy atom. The second kappa shape index (κ2) is 5.57. The fourth-order valence-corrected chi connectivity index (χ4v) is 2.54. The Balaban J connectivity index is 2.09. The Kier molecular flexibility index (Phi) is 4.07. The monoisotopic (exact) mass is 267 g/mol. The number of carbonyl (C=O) groups excluding carboxylic acids is 1. The van der Waals surface area contributed by atoms with Gasteiger partial charge in [0.15, 0.2) is 0 Å². The van der Waals surface area contributed by atoms with Crippen molar-refractivity contribution < 1.29 is 4.79 Å². The number of aromatic nitrogens is 1. The van der Waals surface area contributed by atoms with E-state index >= 15 is 0 Å². The van der Waals surface area contributed by atoms with Crippen LogP contribution in [-0.4, -0.2) is 43.0 Å². The van der Waals surface area contributed by atoms with Crippen LogP contribution >= 0.6 is 11.6 Å². The zero-order valence-electron chi connectivity index (χ0n) is 10.8. The molecule has 1 fully saturated rings. The molecule has 1 aliphatic rings. The molecule has 4 nitrogen and oxygen atoms in total. The van der Waals surface area contributed by atoms with E-state index in [4.69, 9.17) is 11.6 Å². The van der Waals surface area contributed by atoms with E-state index in [1.54, 1.807) is 11.1 Å². The summed E-state index contributed by atoms with van der Waals surface area (Å²) in [6.45, 7) is 1.73.